The van der Waals surface area contributed by atoms with Crippen molar-refractivity contribution in [3.05, 3.63) is 65.7 Å². The molecule has 7 heteroatoms. The number of methoxy groups -OCH3 is 1. The van der Waals surface area contributed by atoms with E-state index in [4.69, 9.17) is 9.47 Å². The van der Waals surface area contributed by atoms with Crippen LogP contribution in [0.2, 0.25) is 0 Å². The zero-order valence-electron chi connectivity index (χ0n) is 21.0. The summed E-state index contributed by atoms with van der Waals surface area (Å²) in [5.74, 6) is 0.918. The SMILES string of the molecule is COc1ccc(C(=O)C(C)CN2CCN(C(Cc3ccccc3)OC(C)(C)C)CC2)cc1.Cl.Cl. The molecule has 2 unspecified atom stereocenters. The lowest BCUT2D eigenvalue weighted by Gasteiger charge is -2.42. The third-order valence-corrected chi connectivity index (χ3v) is 5.91. The summed E-state index contributed by atoms with van der Waals surface area (Å²) in [6, 6.07) is 18.0. The van der Waals surface area contributed by atoms with E-state index in [0.717, 1.165) is 50.5 Å². The monoisotopic (exact) mass is 510 g/mol. The Labute approximate surface area is 217 Å². The number of ketones is 1. The normalized spacial score (nSPS) is 16.6. The highest BCUT2D eigenvalue weighted by atomic mass is 35.5. The minimum atomic E-state index is -0.199. The van der Waals surface area contributed by atoms with Crippen LogP contribution in [-0.4, -0.2) is 67.2 Å². The third-order valence-electron chi connectivity index (χ3n) is 5.91. The Morgan fingerprint density at radius 2 is 1.53 bits per heavy atom. The van der Waals surface area contributed by atoms with Crippen molar-refractivity contribution in [2.24, 2.45) is 5.92 Å². The fourth-order valence-electron chi connectivity index (χ4n) is 4.21. The van der Waals surface area contributed by atoms with Crippen molar-refractivity contribution in [2.45, 2.75) is 45.9 Å². The van der Waals surface area contributed by atoms with Gasteiger partial charge in [0.25, 0.3) is 0 Å². The second-order valence-electron chi connectivity index (χ2n) is 9.70. The van der Waals surface area contributed by atoms with Gasteiger partial charge in [0.05, 0.1) is 12.7 Å². The maximum atomic E-state index is 12.9. The Kier molecular flexibility index (Phi) is 12.6. The van der Waals surface area contributed by atoms with Crippen LogP contribution in [0.3, 0.4) is 0 Å². The van der Waals surface area contributed by atoms with Crippen molar-refractivity contribution in [1.82, 2.24) is 9.80 Å². The highest BCUT2D eigenvalue weighted by Crippen LogP contribution is 2.21. The van der Waals surface area contributed by atoms with Gasteiger partial charge in [-0.25, -0.2) is 0 Å². The zero-order valence-corrected chi connectivity index (χ0v) is 22.7. The summed E-state index contributed by atoms with van der Waals surface area (Å²) in [7, 11) is 1.63. The molecule has 0 bridgehead atoms. The van der Waals surface area contributed by atoms with Crippen LogP contribution in [-0.2, 0) is 11.2 Å². The highest BCUT2D eigenvalue weighted by Gasteiger charge is 2.29. The number of carbonyl (C=O) groups excluding carboxylic acids is 1. The molecular weight excluding hydrogens is 471 g/mol. The Morgan fingerprint density at radius 1 is 0.941 bits per heavy atom. The molecule has 2 aromatic carbocycles. The first kappa shape index (κ1) is 30.4. The van der Waals surface area contributed by atoms with Crippen molar-refractivity contribution in [3.8, 4) is 5.75 Å². The van der Waals surface area contributed by atoms with Crippen LogP contribution in [0.5, 0.6) is 5.75 Å². The molecule has 190 valence electrons. The largest absolute Gasteiger partial charge is 0.497 e. The Bertz CT molecular complexity index is 848. The van der Waals surface area contributed by atoms with Crippen LogP contribution in [0.1, 0.15) is 43.6 Å². The summed E-state index contributed by atoms with van der Waals surface area (Å²) in [6.45, 7) is 12.9. The van der Waals surface area contributed by atoms with Gasteiger partial charge in [-0.2, -0.15) is 0 Å². The summed E-state index contributed by atoms with van der Waals surface area (Å²) >= 11 is 0. The van der Waals surface area contributed by atoms with Gasteiger partial charge in [-0.1, -0.05) is 37.3 Å². The van der Waals surface area contributed by atoms with Gasteiger partial charge in [-0.15, -0.1) is 24.8 Å². The number of nitrogens with zero attached hydrogens (tertiary/aromatic N) is 2. The van der Waals surface area contributed by atoms with Crippen LogP contribution < -0.4 is 4.74 Å². The summed E-state index contributed by atoms with van der Waals surface area (Å²) in [6.07, 6.45) is 0.933. The first-order valence-electron chi connectivity index (χ1n) is 11.6. The fraction of sp³-hybridized carbons (Fsp3) is 0.519. The van der Waals surface area contributed by atoms with E-state index in [9.17, 15) is 4.79 Å². The molecule has 2 aromatic rings. The van der Waals surface area contributed by atoms with E-state index in [2.05, 4.69) is 60.9 Å². The average molecular weight is 512 g/mol. The number of hydrogen-bond acceptors (Lipinski definition) is 5. The quantitative estimate of drug-likeness (QED) is 0.424. The van der Waals surface area contributed by atoms with Gasteiger partial charge >= 0.3 is 0 Å². The lowest BCUT2D eigenvalue weighted by atomic mass is 9.98. The number of Topliss-reactive ketones (excluding diaryl/α,β-unsaturated/α-hetero) is 1. The maximum Gasteiger partial charge on any atom is 0.166 e. The molecule has 1 heterocycles. The lowest BCUT2D eigenvalue weighted by molar-refractivity contribution is -0.141. The van der Waals surface area contributed by atoms with E-state index >= 15 is 0 Å². The molecular formula is C27H40Cl2N2O3. The van der Waals surface area contributed by atoms with Gasteiger partial charge < -0.3 is 14.4 Å². The summed E-state index contributed by atoms with van der Waals surface area (Å²) in [5.41, 5.74) is 1.84. The van der Waals surface area contributed by atoms with Gasteiger partial charge in [-0.3, -0.25) is 9.69 Å². The molecule has 0 spiro atoms. The molecule has 1 fully saturated rings. The number of piperazine rings is 1. The summed E-state index contributed by atoms with van der Waals surface area (Å²) in [5, 5.41) is 0. The van der Waals surface area contributed by atoms with Crippen molar-refractivity contribution in [2.75, 3.05) is 39.8 Å². The molecule has 0 aromatic heterocycles. The van der Waals surface area contributed by atoms with Gasteiger partial charge in [0.15, 0.2) is 5.78 Å². The van der Waals surface area contributed by atoms with Gasteiger partial charge in [0.2, 0.25) is 0 Å². The number of rotatable bonds is 9. The van der Waals surface area contributed by atoms with Crippen LogP contribution >= 0.6 is 24.8 Å². The van der Waals surface area contributed by atoms with Crippen molar-refractivity contribution in [3.63, 3.8) is 0 Å². The summed E-state index contributed by atoms with van der Waals surface area (Å²) < 4.78 is 11.6. The molecule has 0 N–H and O–H groups in total. The summed E-state index contributed by atoms with van der Waals surface area (Å²) in [4.78, 5) is 17.7. The number of hydrogen-bond donors (Lipinski definition) is 0. The molecule has 1 aliphatic rings. The van der Waals surface area contributed by atoms with E-state index in [1.54, 1.807) is 7.11 Å². The minimum Gasteiger partial charge on any atom is -0.497 e. The van der Waals surface area contributed by atoms with Crippen molar-refractivity contribution >= 4 is 30.6 Å². The fourth-order valence-corrected chi connectivity index (χ4v) is 4.21. The van der Waals surface area contributed by atoms with E-state index in [1.165, 1.54) is 5.56 Å². The van der Waals surface area contributed by atoms with Gasteiger partial charge in [0, 0.05) is 50.6 Å². The van der Waals surface area contributed by atoms with Crippen LogP contribution in [0.15, 0.2) is 54.6 Å². The molecule has 0 saturated carbocycles. The van der Waals surface area contributed by atoms with E-state index in [0.29, 0.717) is 0 Å². The number of benzene rings is 2. The van der Waals surface area contributed by atoms with Crippen LogP contribution in [0.4, 0.5) is 0 Å². The Balaban J connectivity index is 0.00000289. The molecule has 5 nitrogen and oxygen atoms in total. The highest BCUT2D eigenvalue weighted by molar-refractivity contribution is 5.97. The second kappa shape index (κ2) is 14.1. The lowest BCUT2D eigenvalue weighted by Crippen LogP contribution is -2.54. The van der Waals surface area contributed by atoms with Crippen LogP contribution in [0.25, 0.3) is 0 Å². The average Bonchev–Trinajstić information content (AvgIpc) is 2.78. The van der Waals surface area contributed by atoms with E-state index < -0.39 is 0 Å². The molecule has 34 heavy (non-hydrogen) atoms. The molecule has 2 atom stereocenters. The smallest absolute Gasteiger partial charge is 0.166 e. The molecule has 1 saturated heterocycles. The Morgan fingerprint density at radius 3 is 2.06 bits per heavy atom. The standard InChI is InChI=1S/C27H38N2O3.2ClH/c1-21(26(30)23-11-13-24(31-5)14-12-23)20-28-15-17-29(18-16-28)25(32-27(2,3)4)19-22-9-7-6-8-10-22;;/h6-14,21,25H,15-20H2,1-5H3;2*1H. The molecule has 1 aliphatic heterocycles. The molecule has 0 radical (unpaired) electrons. The number of ether oxygens (including phenoxy) is 2. The first-order valence-corrected chi connectivity index (χ1v) is 11.6. The number of carbonyl (C=O) groups is 1. The first-order chi connectivity index (χ1) is 15.2. The zero-order chi connectivity index (χ0) is 23.1. The predicted molar refractivity (Wildman–Crippen MR) is 144 cm³/mol. The Hall–Kier alpha value is -1.63. The van der Waals surface area contributed by atoms with Crippen LogP contribution in [0, 0.1) is 5.92 Å². The number of halogens is 2. The van der Waals surface area contributed by atoms with Gasteiger partial charge in [-0.05, 0) is 50.6 Å². The molecule has 0 amide bonds. The minimum absolute atomic E-state index is 0. The van der Waals surface area contributed by atoms with E-state index in [1.807, 2.05) is 31.2 Å². The maximum absolute atomic E-state index is 12.9. The van der Waals surface area contributed by atoms with Gasteiger partial charge in [0.1, 0.15) is 12.0 Å². The topological polar surface area (TPSA) is 42.0 Å². The molecule has 3 rings (SSSR count). The van der Waals surface area contributed by atoms with E-state index in [-0.39, 0.29) is 48.3 Å². The predicted octanol–water partition coefficient (Wildman–Crippen LogP) is 5.36. The second-order valence-corrected chi connectivity index (χ2v) is 9.70. The van der Waals surface area contributed by atoms with Crippen molar-refractivity contribution < 1.29 is 14.3 Å². The molecule has 0 aliphatic carbocycles. The third kappa shape index (κ3) is 9.20. The van der Waals surface area contributed by atoms with Crippen molar-refractivity contribution in [1.29, 1.82) is 0 Å².